The SMILES string of the molecule is CCN(Cc1ccccc1)CC(O)c1ccc(NS(C)(=O)=O)cc1. The van der Waals surface area contributed by atoms with Crippen molar-refractivity contribution in [2.45, 2.75) is 19.6 Å². The van der Waals surface area contributed by atoms with Crippen LogP contribution in [-0.2, 0) is 16.6 Å². The Hall–Kier alpha value is -1.89. The molecule has 0 spiro atoms. The molecule has 6 heteroatoms. The lowest BCUT2D eigenvalue weighted by Crippen LogP contribution is -2.28. The molecule has 0 aromatic heterocycles. The molecule has 1 atom stereocenters. The van der Waals surface area contributed by atoms with Crippen molar-refractivity contribution in [2.24, 2.45) is 0 Å². The highest BCUT2D eigenvalue weighted by Crippen LogP contribution is 2.19. The number of hydrogen-bond donors (Lipinski definition) is 2. The number of benzene rings is 2. The molecule has 1 unspecified atom stereocenters. The number of aliphatic hydroxyl groups is 1. The molecule has 0 saturated carbocycles. The molecule has 2 aromatic carbocycles. The van der Waals surface area contributed by atoms with Gasteiger partial charge in [0.05, 0.1) is 12.4 Å². The van der Waals surface area contributed by atoms with Gasteiger partial charge in [-0.05, 0) is 29.8 Å². The van der Waals surface area contributed by atoms with Crippen LogP contribution in [0.5, 0.6) is 0 Å². The molecule has 2 rings (SSSR count). The predicted molar refractivity (Wildman–Crippen MR) is 97.3 cm³/mol. The Balaban J connectivity index is 1.98. The average Bonchev–Trinajstić information content (AvgIpc) is 2.54. The van der Waals surface area contributed by atoms with Crippen molar-refractivity contribution in [3.63, 3.8) is 0 Å². The van der Waals surface area contributed by atoms with Gasteiger partial charge >= 0.3 is 0 Å². The van der Waals surface area contributed by atoms with Gasteiger partial charge in [0.25, 0.3) is 0 Å². The molecule has 130 valence electrons. The summed E-state index contributed by atoms with van der Waals surface area (Å²) in [7, 11) is -3.29. The zero-order chi connectivity index (χ0) is 17.6. The Morgan fingerprint density at radius 3 is 2.25 bits per heavy atom. The molecule has 0 saturated heterocycles. The van der Waals surface area contributed by atoms with Crippen molar-refractivity contribution in [1.29, 1.82) is 0 Å². The first-order valence-electron chi connectivity index (χ1n) is 7.89. The zero-order valence-electron chi connectivity index (χ0n) is 14.0. The normalized spacial score (nSPS) is 13.0. The van der Waals surface area contributed by atoms with Crippen LogP contribution < -0.4 is 4.72 Å². The standard InChI is InChI=1S/C18H24N2O3S/c1-3-20(13-15-7-5-4-6-8-15)14-18(21)16-9-11-17(12-10-16)19-24(2,22)23/h4-12,18-19,21H,3,13-14H2,1-2H3. The van der Waals surface area contributed by atoms with Gasteiger partial charge in [0, 0.05) is 18.8 Å². The van der Waals surface area contributed by atoms with Gasteiger partial charge in [0.15, 0.2) is 0 Å². The maximum Gasteiger partial charge on any atom is 0.229 e. The lowest BCUT2D eigenvalue weighted by atomic mass is 10.1. The van der Waals surface area contributed by atoms with E-state index < -0.39 is 16.1 Å². The highest BCUT2D eigenvalue weighted by molar-refractivity contribution is 7.92. The smallest absolute Gasteiger partial charge is 0.229 e. The fourth-order valence-electron chi connectivity index (χ4n) is 2.48. The van der Waals surface area contributed by atoms with Crippen LogP contribution in [0.1, 0.15) is 24.2 Å². The van der Waals surface area contributed by atoms with Gasteiger partial charge in [0.2, 0.25) is 10.0 Å². The molecule has 2 aromatic rings. The Bertz CT molecular complexity index is 731. The lowest BCUT2D eigenvalue weighted by Gasteiger charge is -2.24. The fourth-order valence-corrected chi connectivity index (χ4v) is 3.05. The van der Waals surface area contributed by atoms with Crippen molar-refractivity contribution in [2.75, 3.05) is 24.1 Å². The first kappa shape index (κ1) is 18.4. The summed E-state index contributed by atoms with van der Waals surface area (Å²) in [5.74, 6) is 0. The molecular weight excluding hydrogens is 324 g/mol. The molecule has 2 N–H and O–H groups in total. The third kappa shape index (κ3) is 5.96. The summed E-state index contributed by atoms with van der Waals surface area (Å²) in [5, 5.41) is 10.4. The van der Waals surface area contributed by atoms with Gasteiger partial charge in [-0.15, -0.1) is 0 Å². The third-order valence-corrected chi connectivity index (χ3v) is 4.33. The second kappa shape index (κ2) is 8.28. The van der Waals surface area contributed by atoms with Gasteiger partial charge in [-0.1, -0.05) is 49.4 Å². The van der Waals surface area contributed by atoms with E-state index in [1.807, 2.05) is 18.2 Å². The number of likely N-dealkylation sites (N-methyl/N-ethyl adjacent to an activating group) is 1. The summed E-state index contributed by atoms with van der Waals surface area (Å²) in [5.41, 5.74) is 2.46. The molecule has 0 aliphatic rings. The summed E-state index contributed by atoms with van der Waals surface area (Å²) in [4.78, 5) is 2.17. The molecule has 0 fully saturated rings. The van der Waals surface area contributed by atoms with Crippen molar-refractivity contribution in [3.8, 4) is 0 Å². The molecule has 0 aliphatic heterocycles. The maximum atomic E-state index is 11.2. The van der Waals surface area contributed by atoms with Crippen molar-refractivity contribution in [3.05, 3.63) is 65.7 Å². The second-order valence-corrected chi connectivity index (χ2v) is 7.57. The number of rotatable bonds is 8. The fraction of sp³-hybridized carbons (Fsp3) is 0.333. The second-order valence-electron chi connectivity index (χ2n) is 5.83. The first-order chi connectivity index (χ1) is 11.4. The van der Waals surface area contributed by atoms with E-state index in [1.54, 1.807) is 24.3 Å². The van der Waals surface area contributed by atoms with Crippen LogP contribution >= 0.6 is 0 Å². The van der Waals surface area contributed by atoms with E-state index >= 15 is 0 Å². The Kier molecular flexibility index (Phi) is 6.36. The van der Waals surface area contributed by atoms with Gasteiger partial charge in [-0.25, -0.2) is 8.42 Å². The molecule has 0 heterocycles. The number of nitrogens with zero attached hydrogens (tertiary/aromatic N) is 1. The first-order valence-corrected chi connectivity index (χ1v) is 9.78. The van der Waals surface area contributed by atoms with E-state index in [0.29, 0.717) is 12.2 Å². The van der Waals surface area contributed by atoms with Crippen molar-refractivity contribution in [1.82, 2.24) is 4.90 Å². The van der Waals surface area contributed by atoms with Crippen LogP contribution in [-0.4, -0.2) is 37.8 Å². The number of nitrogens with one attached hydrogen (secondary N) is 1. The average molecular weight is 348 g/mol. The van der Waals surface area contributed by atoms with Crippen LogP contribution in [0.3, 0.4) is 0 Å². The molecule has 0 aliphatic carbocycles. The largest absolute Gasteiger partial charge is 0.387 e. The quantitative estimate of drug-likeness (QED) is 0.769. The van der Waals surface area contributed by atoms with Gasteiger partial charge in [-0.2, -0.15) is 0 Å². The van der Waals surface area contributed by atoms with Crippen LogP contribution in [0.25, 0.3) is 0 Å². The number of sulfonamides is 1. The van der Waals surface area contributed by atoms with Gasteiger partial charge < -0.3 is 5.11 Å². The minimum Gasteiger partial charge on any atom is -0.387 e. The third-order valence-electron chi connectivity index (χ3n) is 3.73. The monoisotopic (exact) mass is 348 g/mol. The summed E-state index contributed by atoms with van der Waals surface area (Å²) in [6, 6.07) is 16.9. The van der Waals surface area contributed by atoms with E-state index in [0.717, 1.165) is 24.9 Å². The van der Waals surface area contributed by atoms with Crippen molar-refractivity contribution < 1.29 is 13.5 Å². The van der Waals surface area contributed by atoms with E-state index in [4.69, 9.17) is 0 Å². The minimum absolute atomic E-state index is 0.491. The molecule has 0 radical (unpaired) electrons. The highest BCUT2D eigenvalue weighted by atomic mass is 32.2. The molecule has 0 bridgehead atoms. The summed E-state index contributed by atoms with van der Waals surface area (Å²) >= 11 is 0. The molecule has 24 heavy (non-hydrogen) atoms. The van der Waals surface area contributed by atoms with Crippen LogP contribution in [0, 0.1) is 0 Å². The molecule has 5 nitrogen and oxygen atoms in total. The Morgan fingerprint density at radius 1 is 1.08 bits per heavy atom. The van der Waals surface area contributed by atoms with E-state index in [1.165, 1.54) is 5.56 Å². The van der Waals surface area contributed by atoms with Crippen LogP contribution in [0.2, 0.25) is 0 Å². The number of aliphatic hydroxyl groups excluding tert-OH is 1. The number of hydrogen-bond acceptors (Lipinski definition) is 4. The van der Waals surface area contributed by atoms with Gasteiger partial charge in [0.1, 0.15) is 0 Å². The topological polar surface area (TPSA) is 69.6 Å². The lowest BCUT2D eigenvalue weighted by molar-refractivity contribution is 0.112. The van der Waals surface area contributed by atoms with Crippen LogP contribution in [0.4, 0.5) is 5.69 Å². The van der Waals surface area contributed by atoms with Gasteiger partial charge in [-0.3, -0.25) is 9.62 Å². The van der Waals surface area contributed by atoms with E-state index in [9.17, 15) is 13.5 Å². The maximum absolute atomic E-state index is 11.2. The molecule has 0 amide bonds. The zero-order valence-corrected chi connectivity index (χ0v) is 14.8. The van der Waals surface area contributed by atoms with Crippen LogP contribution in [0.15, 0.2) is 54.6 Å². The summed E-state index contributed by atoms with van der Waals surface area (Å²) in [6.07, 6.45) is 0.485. The van der Waals surface area contributed by atoms with Crippen molar-refractivity contribution >= 4 is 15.7 Å². The highest BCUT2D eigenvalue weighted by Gasteiger charge is 2.13. The summed E-state index contributed by atoms with van der Waals surface area (Å²) < 4.78 is 24.8. The Labute approximate surface area is 144 Å². The van der Waals surface area contributed by atoms with E-state index in [2.05, 4.69) is 28.7 Å². The molecular formula is C18H24N2O3S. The van der Waals surface area contributed by atoms with E-state index in [-0.39, 0.29) is 0 Å². The minimum atomic E-state index is -3.29. The number of anilines is 1. The Morgan fingerprint density at radius 2 is 1.71 bits per heavy atom. The predicted octanol–water partition coefficient (Wildman–Crippen LogP) is 2.61. The summed E-state index contributed by atoms with van der Waals surface area (Å²) in [6.45, 7) is 4.20.